The van der Waals surface area contributed by atoms with Gasteiger partial charge in [0.1, 0.15) is 0 Å². The number of hydrogen-bond donors (Lipinski definition) is 1. The van der Waals surface area contributed by atoms with Gasteiger partial charge in [0.25, 0.3) is 0 Å². The second-order valence-corrected chi connectivity index (χ2v) is 4.97. The van der Waals surface area contributed by atoms with Crippen LogP contribution in [0.4, 0.5) is 11.6 Å². The molecule has 0 radical (unpaired) electrons. The van der Waals surface area contributed by atoms with Gasteiger partial charge in [-0.2, -0.15) is 0 Å². The number of para-hydroxylation sites is 1. The van der Waals surface area contributed by atoms with Crippen molar-refractivity contribution in [2.45, 2.75) is 6.92 Å². The largest absolute Gasteiger partial charge is 0.325 e. The smallest absolute Gasteiger partial charge is 0.212 e. The van der Waals surface area contributed by atoms with Gasteiger partial charge in [0, 0.05) is 18.1 Å². The lowest BCUT2D eigenvalue weighted by Gasteiger charge is -2.12. The van der Waals surface area contributed by atoms with E-state index in [0.29, 0.717) is 5.02 Å². The first-order chi connectivity index (χ1) is 9.74. The lowest BCUT2D eigenvalue weighted by molar-refractivity contribution is 1.06. The van der Waals surface area contributed by atoms with Crippen LogP contribution < -0.4 is 5.32 Å². The normalized spacial score (nSPS) is 10.5. The van der Waals surface area contributed by atoms with Gasteiger partial charge in [0.15, 0.2) is 0 Å². The first-order valence-corrected chi connectivity index (χ1v) is 6.74. The van der Waals surface area contributed by atoms with E-state index in [9.17, 15) is 0 Å². The number of nitrogens with zero attached hydrogens (tertiary/aromatic N) is 2. The first kappa shape index (κ1) is 12.8. The molecule has 0 saturated carbocycles. The molecule has 1 N–H and O–H groups in total. The van der Waals surface area contributed by atoms with Crippen molar-refractivity contribution in [3.63, 3.8) is 0 Å². The lowest BCUT2D eigenvalue weighted by Crippen LogP contribution is -2.01. The fraction of sp³-hybridized carbons (Fsp3) is 0.0625. The molecular weight excluding hydrogens is 270 g/mol. The molecule has 0 spiro atoms. The number of imidazole rings is 1. The Morgan fingerprint density at radius 1 is 1.10 bits per heavy atom. The van der Waals surface area contributed by atoms with Crippen LogP contribution in [0.15, 0.2) is 60.9 Å². The fourth-order valence-electron chi connectivity index (χ4n) is 2.05. The Hall–Kier alpha value is -2.26. The monoisotopic (exact) mass is 283 g/mol. The van der Waals surface area contributed by atoms with Crippen LogP contribution in [0.1, 0.15) is 5.56 Å². The van der Waals surface area contributed by atoms with Gasteiger partial charge in [-0.15, -0.1) is 0 Å². The molecule has 0 amide bonds. The zero-order valence-electron chi connectivity index (χ0n) is 11.0. The molecule has 0 aliphatic heterocycles. The van der Waals surface area contributed by atoms with Gasteiger partial charge in [-0.1, -0.05) is 35.9 Å². The van der Waals surface area contributed by atoms with Crippen molar-refractivity contribution >= 4 is 23.2 Å². The number of halogens is 1. The number of benzene rings is 2. The molecule has 0 fully saturated rings. The van der Waals surface area contributed by atoms with E-state index in [4.69, 9.17) is 11.6 Å². The molecule has 0 bridgehead atoms. The highest BCUT2D eigenvalue weighted by Gasteiger charge is 2.08. The molecule has 0 unspecified atom stereocenters. The third kappa shape index (κ3) is 2.53. The van der Waals surface area contributed by atoms with Gasteiger partial charge in [0.05, 0.1) is 10.7 Å². The Labute approximate surface area is 122 Å². The topological polar surface area (TPSA) is 29.9 Å². The van der Waals surface area contributed by atoms with Gasteiger partial charge >= 0.3 is 0 Å². The third-order valence-electron chi connectivity index (χ3n) is 3.03. The van der Waals surface area contributed by atoms with Crippen molar-refractivity contribution in [3.8, 4) is 5.69 Å². The standard InChI is InChI=1S/C16H14ClN3/c1-12-7-8-14(17)15(11-12)20-10-9-18-16(20)19-13-5-3-2-4-6-13/h2-11H,1H3,(H,18,19). The number of rotatable bonds is 3. The summed E-state index contributed by atoms with van der Waals surface area (Å²) < 4.78 is 1.95. The minimum absolute atomic E-state index is 0.699. The predicted molar refractivity (Wildman–Crippen MR) is 83.0 cm³/mol. The number of nitrogens with one attached hydrogen (secondary N) is 1. The van der Waals surface area contributed by atoms with E-state index in [1.165, 1.54) is 0 Å². The van der Waals surface area contributed by atoms with E-state index in [-0.39, 0.29) is 0 Å². The molecular formula is C16H14ClN3. The molecule has 1 aromatic heterocycles. The predicted octanol–water partition coefficient (Wildman–Crippen LogP) is 4.58. The van der Waals surface area contributed by atoms with Crippen LogP contribution >= 0.6 is 11.6 Å². The summed E-state index contributed by atoms with van der Waals surface area (Å²) in [6, 6.07) is 15.9. The van der Waals surface area contributed by atoms with Crippen LogP contribution in [0, 0.1) is 6.92 Å². The van der Waals surface area contributed by atoms with Gasteiger partial charge in [-0.05, 0) is 36.8 Å². The highest BCUT2D eigenvalue weighted by molar-refractivity contribution is 6.32. The van der Waals surface area contributed by atoms with Crippen molar-refractivity contribution in [1.82, 2.24) is 9.55 Å². The summed E-state index contributed by atoms with van der Waals surface area (Å²) in [5, 5.41) is 3.99. The van der Waals surface area contributed by atoms with Gasteiger partial charge < -0.3 is 5.32 Å². The Morgan fingerprint density at radius 3 is 2.70 bits per heavy atom. The summed E-state index contributed by atoms with van der Waals surface area (Å²) in [4.78, 5) is 4.35. The van der Waals surface area contributed by atoms with E-state index in [0.717, 1.165) is 22.9 Å². The molecule has 3 nitrogen and oxygen atoms in total. The lowest BCUT2D eigenvalue weighted by atomic mass is 10.2. The number of aromatic nitrogens is 2. The average Bonchev–Trinajstić information content (AvgIpc) is 2.91. The molecule has 100 valence electrons. The molecule has 2 aromatic carbocycles. The summed E-state index contributed by atoms with van der Waals surface area (Å²) in [6.07, 6.45) is 3.65. The summed E-state index contributed by atoms with van der Waals surface area (Å²) in [7, 11) is 0. The van der Waals surface area contributed by atoms with E-state index < -0.39 is 0 Å². The quantitative estimate of drug-likeness (QED) is 0.762. The summed E-state index contributed by atoms with van der Waals surface area (Å²) >= 11 is 6.29. The third-order valence-corrected chi connectivity index (χ3v) is 3.35. The maximum Gasteiger partial charge on any atom is 0.212 e. The van der Waals surface area contributed by atoms with Gasteiger partial charge in [0.2, 0.25) is 5.95 Å². The van der Waals surface area contributed by atoms with Crippen molar-refractivity contribution in [2.24, 2.45) is 0 Å². The van der Waals surface area contributed by atoms with Crippen molar-refractivity contribution < 1.29 is 0 Å². The Kier molecular flexibility index (Phi) is 3.44. The number of anilines is 2. The number of hydrogen-bond acceptors (Lipinski definition) is 2. The van der Waals surface area contributed by atoms with E-state index in [1.54, 1.807) is 6.20 Å². The van der Waals surface area contributed by atoms with Crippen LogP contribution in [-0.4, -0.2) is 9.55 Å². The maximum absolute atomic E-state index is 6.29. The molecule has 3 rings (SSSR count). The molecule has 0 atom stereocenters. The molecule has 0 aliphatic carbocycles. The van der Waals surface area contributed by atoms with E-state index in [2.05, 4.69) is 10.3 Å². The second kappa shape index (κ2) is 5.39. The van der Waals surface area contributed by atoms with Crippen LogP contribution in [-0.2, 0) is 0 Å². The highest BCUT2D eigenvalue weighted by atomic mass is 35.5. The number of aryl methyl sites for hydroxylation is 1. The average molecular weight is 284 g/mol. The maximum atomic E-state index is 6.29. The molecule has 3 aromatic rings. The minimum Gasteiger partial charge on any atom is -0.325 e. The van der Waals surface area contributed by atoms with Gasteiger partial charge in [-0.3, -0.25) is 4.57 Å². The van der Waals surface area contributed by atoms with Crippen LogP contribution in [0.25, 0.3) is 5.69 Å². The SMILES string of the molecule is Cc1ccc(Cl)c(-n2ccnc2Nc2ccccc2)c1. The Morgan fingerprint density at radius 2 is 1.90 bits per heavy atom. The second-order valence-electron chi connectivity index (χ2n) is 4.57. The zero-order valence-corrected chi connectivity index (χ0v) is 11.8. The molecule has 20 heavy (non-hydrogen) atoms. The van der Waals surface area contributed by atoms with Crippen LogP contribution in [0.5, 0.6) is 0 Å². The van der Waals surface area contributed by atoms with Gasteiger partial charge in [-0.25, -0.2) is 4.98 Å². The molecule has 4 heteroatoms. The summed E-state index contributed by atoms with van der Waals surface area (Å²) in [5.74, 6) is 0.740. The Balaban J connectivity index is 2.00. The Bertz CT molecular complexity index is 720. The zero-order chi connectivity index (χ0) is 13.9. The molecule has 1 heterocycles. The first-order valence-electron chi connectivity index (χ1n) is 6.36. The molecule has 0 saturated heterocycles. The van der Waals surface area contributed by atoms with Crippen LogP contribution in [0.3, 0.4) is 0 Å². The van der Waals surface area contributed by atoms with E-state index >= 15 is 0 Å². The summed E-state index contributed by atoms with van der Waals surface area (Å²) in [5.41, 5.74) is 3.06. The van der Waals surface area contributed by atoms with E-state index in [1.807, 2.05) is 66.2 Å². The fourth-order valence-corrected chi connectivity index (χ4v) is 2.26. The van der Waals surface area contributed by atoms with Crippen molar-refractivity contribution in [3.05, 3.63) is 71.5 Å². The highest BCUT2D eigenvalue weighted by Crippen LogP contribution is 2.25. The van der Waals surface area contributed by atoms with Crippen molar-refractivity contribution in [1.29, 1.82) is 0 Å². The summed E-state index contributed by atoms with van der Waals surface area (Å²) in [6.45, 7) is 2.04. The van der Waals surface area contributed by atoms with Crippen LogP contribution in [0.2, 0.25) is 5.02 Å². The van der Waals surface area contributed by atoms with Crippen molar-refractivity contribution in [2.75, 3.05) is 5.32 Å². The minimum atomic E-state index is 0.699. The molecule has 0 aliphatic rings.